The Labute approximate surface area is 240 Å². The molecule has 0 radical (unpaired) electrons. The Hall–Kier alpha value is -3.99. The van der Waals surface area contributed by atoms with E-state index in [1.54, 1.807) is 13.0 Å². The summed E-state index contributed by atoms with van der Waals surface area (Å²) in [5.41, 5.74) is 0.197. The van der Waals surface area contributed by atoms with Gasteiger partial charge in [-0.05, 0) is 81.8 Å². The first kappa shape index (κ1) is 31.5. The molecule has 0 bridgehead atoms. The number of hydrogen-bond acceptors (Lipinski definition) is 5. The average molecular weight is 588 g/mol. The minimum atomic E-state index is -4.34. The number of carbonyl (C=O) groups is 2. The molecule has 3 aromatic carbocycles. The predicted molar refractivity (Wildman–Crippen MR) is 153 cm³/mol. The van der Waals surface area contributed by atoms with Gasteiger partial charge in [0.15, 0.2) is 0 Å². The summed E-state index contributed by atoms with van der Waals surface area (Å²) in [6.45, 7) is 6.39. The monoisotopic (exact) mass is 587 g/mol. The van der Waals surface area contributed by atoms with Crippen molar-refractivity contribution in [2.24, 2.45) is 0 Å². The van der Waals surface area contributed by atoms with Crippen LogP contribution in [-0.4, -0.2) is 50.4 Å². The molecule has 2 amide bonds. The van der Waals surface area contributed by atoms with E-state index in [1.807, 2.05) is 13.8 Å². The molecule has 0 aliphatic carbocycles. The van der Waals surface area contributed by atoms with Crippen molar-refractivity contribution in [2.75, 3.05) is 17.5 Å². The third kappa shape index (κ3) is 8.03. The van der Waals surface area contributed by atoms with Crippen LogP contribution in [-0.2, 0) is 26.2 Å². The van der Waals surface area contributed by atoms with E-state index in [4.69, 9.17) is 4.74 Å². The maximum absolute atomic E-state index is 14.6. The van der Waals surface area contributed by atoms with Crippen LogP contribution in [0.5, 0.6) is 5.75 Å². The summed E-state index contributed by atoms with van der Waals surface area (Å²) in [4.78, 5) is 27.9. The van der Waals surface area contributed by atoms with Gasteiger partial charge in [-0.2, -0.15) is 0 Å². The van der Waals surface area contributed by atoms with Crippen molar-refractivity contribution in [3.05, 3.63) is 90.0 Å². The molecule has 0 saturated heterocycles. The number of benzene rings is 3. The fourth-order valence-corrected chi connectivity index (χ4v) is 5.41. The van der Waals surface area contributed by atoms with Crippen molar-refractivity contribution in [1.29, 1.82) is 0 Å². The minimum Gasteiger partial charge on any atom is -0.494 e. The van der Waals surface area contributed by atoms with Gasteiger partial charge in [-0.1, -0.05) is 25.1 Å². The Kier molecular flexibility index (Phi) is 10.8. The minimum absolute atomic E-state index is 0.0381. The lowest BCUT2D eigenvalue weighted by atomic mass is 10.1. The smallest absolute Gasteiger partial charge is 0.264 e. The van der Waals surface area contributed by atoms with Crippen LogP contribution in [0.4, 0.5) is 14.5 Å². The van der Waals surface area contributed by atoms with Crippen LogP contribution >= 0.6 is 0 Å². The second-order valence-electron chi connectivity index (χ2n) is 9.50. The molecule has 0 fully saturated rings. The van der Waals surface area contributed by atoms with Gasteiger partial charge in [-0.3, -0.25) is 13.9 Å². The van der Waals surface area contributed by atoms with Crippen molar-refractivity contribution in [1.82, 2.24) is 10.2 Å². The third-order valence-electron chi connectivity index (χ3n) is 6.58. The first-order valence-electron chi connectivity index (χ1n) is 13.3. The highest BCUT2D eigenvalue weighted by atomic mass is 32.2. The number of amides is 2. The summed E-state index contributed by atoms with van der Waals surface area (Å²) in [5, 5.41) is 2.82. The SMILES string of the molecule is CCOc1ccc(S(=O)(=O)N(CC(=O)N(Cc2ccccc2F)[C@@H](C)C(=O)N[C@H](C)CC)c2ccc(F)cc2)cc1. The van der Waals surface area contributed by atoms with E-state index in [0.29, 0.717) is 18.8 Å². The molecular formula is C30H35F2N3O5S. The molecule has 0 spiro atoms. The highest BCUT2D eigenvalue weighted by molar-refractivity contribution is 7.92. The van der Waals surface area contributed by atoms with Gasteiger partial charge in [0.1, 0.15) is 30.0 Å². The van der Waals surface area contributed by atoms with Crippen molar-refractivity contribution >= 4 is 27.5 Å². The van der Waals surface area contributed by atoms with Gasteiger partial charge in [-0.15, -0.1) is 0 Å². The Balaban J connectivity index is 2.02. The van der Waals surface area contributed by atoms with Gasteiger partial charge in [-0.25, -0.2) is 17.2 Å². The van der Waals surface area contributed by atoms with Gasteiger partial charge < -0.3 is 15.0 Å². The Morgan fingerprint density at radius 1 is 0.927 bits per heavy atom. The lowest BCUT2D eigenvalue weighted by molar-refractivity contribution is -0.139. The molecule has 220 valence electrons. The van der Waals surface area contributed by atoms with Crippen LogP contribution in [0.3, 0.4) is 0 Å². The van der Waals surface area contributed by atoms with Crippen LogP contribution in [0.15, 0.2) is 77.7 Å². The molecule has 0 aliphatic rings. The van der Waals surface area contributed by atoms with E-state index in [9.17, 15) is 26.8 Å². The number of sulfonamides is 1. The summed E-state index contributed by atoms with van der Waals surface area (Å²) in [7, 11) is -4.34. The molecule has 0 heterocycles. The molecular weight excluding hydrogens is 552 g/mol. The number of nitrogens with zero attached hydrogens (tertiary/aromatic N) is 2. The van der Waals surface area contributed by atoms with E-state index in [0.717, 1.165) is 21.3 Å². The molecule has 8 nitrogen and oxygen atoms in total. The largest absolute Gasteiger partial charge is 0.494 e. The number of rotatable bonds is 13. The van der Waals surface area contributed by atoms with Gasteiger partial charge in [0.25, 0.3) is 10.0 Å². The highest BCUT2D eigenvalue weighted by Gasteiger charge is 2.33. The first-order chi connectivity index (χ1) is 19.5. The quantitative estimate of drug-likeness (QED) is 0.307. The number of halogens is 2. The first-order valence-corrected chi connectivity index (χ1v) is 14.8. The maximum atomic E-state index is 14.6. The molecule has 2 atom stereocenters. The number of anilines is 1. The van der Waals surface area contributed by atoms with Crippen molar-refractivity contribution in [3.8, 4) is 5.75 Å². The lowest BCUT2D eigenvalue weighted by Crippen LogP contribution is -2.52. The lowest BCUT2D eigenvalue weighted by Gasteiger charge is -2.32. The second-order valence-corrected chi connectivity index (χ2v) is 11.4. The van der Waals surface area contributed by atoms with Crippen LogP contribution in [0.1, 0.15) is 39.7 Å². The fourth-order valence-electron chi connectivity index (χ4n) is 4.00. The van der Waals surface area contributed by atoms with E-state index >= 15 is 0 Å². The number of nitrogens with one attached hydrogen (secondary N) is 1. The standard InChI is InChI=1S/C30H35F2N3O5S/c1-5-21(3)33-30(37)22(4)34(19-23-9-7-8-10-28(23)32)29(36)20-35(25-13-11-24(31)12-14-25)41(38,39)27-17-15-26(16-18-27)40-6-2/h7-18,21-22H,5-6,19-20H2,1-4H3,(H,33,37)/t21-,22+/m1/s1. The van der Waals surface area contributed by atoms with Crippen molar-refractivity contribution < 1.29 is 31.5 Å². The van der Waals surface area contributed by atoms with Crippen LogP contribution in [0.25, 0.3) is 0 Å². The van der Waals surface area contributed by atoms with Crippen LogP contribution in [0, 0.1) is 11.6 Å². The van der Waals surface area contributed by atoms with Gasteiger partial charge in [0.2, 0.25) is 11.8 Å². The molecule has 1 N–H and O–H groups in total. The van der Waals surface area contributed by atoms with Gasteiger partial charge in [0.05, 0.1) is 17.2 Å². The zero-order chi connectivity index (χ0) is 30.2. The maximum Gasteiger partial charge on any atom is 0.264 e. The number of ether oxygens (including phenoxy) is 1. The van der Waals surface area contributed by atoms with Crippen LogP contribution in [0.2, 0.25) is 0 Å². The molecule has 11 heteroatoms. The number of hydrogen-bond donors (Lipinski definition) is 1. The molecule has 0 saturated carbocycles. The van der Waals surface area contributed by atoms with E-state index in [1.165, 1.54) is 61.5 Å². The summed E-state index contributed by atoms with van der Waals surface area (Å²) in [5.74, 6) is -1.91. The van der Waals surface area contributed by atoms with Gasteiger partial charge >= 0.3 is 0 Å². The molecule has 41 heavy (non-hydrogen) atoms. The van der Waals surface area contributed by atoms with Crippen molar-refractivity contribution in [3.63, 3.8) is 0 Å². The Morgan fingerprint density at radius 3 is 2.15 bits per heavy atom. The summed E-state index contributed by atoms with van der Waals surface area (Å²) in [6.07, 6.45) is 0.651. The van der Waals surface area contributed by atoms with Crippen LogP contribution < -0.4 is 14.4 Å². The zero-order valence-electron chi connectivity index (χ0n) is 23.5. The zero-order valence-corrected chi connectivity index (χ0v) is 24.3. The average Bonchev–Trinajstić information content (AvgIpc) is 2.96. The summed E-state index contributed by atoms with van der Waals surface area (Å²) >= 11 is 0. The summed E-state index contributed by atoms with van der Waals surface area (Å²) in [6, 6.07) is 14.9. The normalized spacial score (nSPS) is 12.7. The predicted octanol–water partition coefficient (Wildman–Crippen LogP) is 4.89. The molecule has 3 rings (SSSR count). The third-order valence-corrected chi connectivity index (χ3v) is 8.37. The molecule has 0 unspecified atom stereocenters. The molecule has 0 aliphatic heterocycles. The van der Waals surface area contributed by atoms with E-state index in [-0.39, 0.29) is 28.7 Å². The highest BCUT2D eigenvalue weighted by Crippen LogP contribution is 2.26. The van der Waals surface area contributed by atoms with E-state index < -0.39 is 46.1 Å². The topological polar surface area (TPSA) is 96.0 Å². The van der Waals surface area contributed by atoms with E-state index in [2.05, 4.69) is 5.32 Å². The molecule has 0 aromatic heterocycles. The number of carbonyl (C=O) groups excluding carboxylic acids is 2. The Bertz CT molecular complexity index is 1430. The molecule has 3 aromatic rings. The Morgan fingerprint density at radius 2 is 1.56 bits per heavy atom. The summed E-state index contributed by atoms with van der Waals surface area (Å²) < 4.78 is 62.3. The fraction of sp³-hybridized carbons (Fsp3) is 0.333. The van der Waals surface area contributed by atoms with Crippen molar-refractivity contribution in [2.45, 2.75) is 57.6 Å². The second kappa shape index (κ2) is 14.1. The van der Waals surface area contributed by atoms with Gasteiger partial charge in [0, 0.05) is 18.2 Å².